The van der Waals surface area contributed by atoms with Gasteiger partial charge in [0.05, 0.1) is 15.9 Å². The van der Waals surface area contributed by atoms with Crippen LogP contribution in [-0.4, -0.2) is 52.5 Å². The molecule has 0 saturated heterocycles. The van der Waals surface area contributed by atoms with E-state index in [1.54, 1.807) is 0 Å². The number of carboxylic acid groups (broad SMARTS) is 1. The average Bonchev–Trinajstić information content (AvgIpc) is 2.53. The average molecular weight is 358 g/mol. The van der Waals surface area contributed by atoms with Crippen molar-refractivity contribution in [2.24, 2.45) is 0 Å². The molecule has 10 heteroatoms. The molecule has 1 aromatic carbocycles. The number of aliphatic hydroxyl groups excluding tert-OH is 1. The van der Waals surface area contributed by atoms with Crippen LogP contribution in [0, 0.1) is 10.1 Å². The number of rotatable bonds is 6. The third-order valence-corrected chi connectivity index (χ3v) is 5.93. The first-order valence-corrected chi connectivity index (χ1v) is 8.82. The van der Waals surface area contributed by atoms with Gasteiger partial charge in [0.1, 0.15) is 6.54 Å². The number of nitro benzene ring substituents is 1. The maximum absolute atomic E-state index is 12.8. The van der Waals surface area contributed by atoms with E-state index in [-0.39, 0.29) is 10.6 Å². The highest BCUT2D eigenvalue weighted by Crippen LogP contribution is 2.28. The number of hydrogen-bond acceptors (Lipinski definition) is 6. The normalized spacial score (nSPS) is 21.6. The quantitative estimate of drug-likeness (QED) is 0.571. The number of carboxylic acids is 1. The Morgan fingerprint density at radius 1 is 1.21 bits per heavy atom. The molecule has 2 rings (SSSR count). The summed E-state index contributed by atoms with van der Waals surface area (Å²) in [6, 6.07) is 3.80. The maximum atomic E-state index is 12.8. The predicted octanol–water partition coefficient (Wildman–Crippen LogP) is 0.974. The van der Waals surface area contributed by atoms with E-state index >= 15 is 0 Å². The minimum absolute atomic E-state index is 0.194. The number of aliphatic carboxylic acids is 1. The molecule has 0 aliphatic heterocycles. The summed E-state index contributed by atoms with van der Waals surface area (Å²) in [5.74, 6) is -1.29. The first-order chi connectivity index (χ1) is 11.2. The summed E-state index contributed by atoms with van der Waals surface area (Å²) in [4.78, 5) is 20.9. The fourth-order valence-electron chi connectivity index (χ4n) is 2.77. The van der Waals surface area contributed by atoms with E-state index in [1.807, 2.05) is 0 Å². The highest BCUT2D eigenvalue weighted by atomic mass is 32.2. The maximum Gasteiger partial charge on any atom is 0.318 e. The van der Waals surface area contributed by atoms with Crippen LogP contribution in [0.15, 0.2) is 29.2 Å². The van der Waals surface area contributed by atoms with Crippen LogP contribution in [0.25, 0.3) is 0 Å². The van der Waals surface area contributed by atoms with Crippen molar-refractivity contribution in [1.82, 2.24) is 4.31 Å². The lowest BCUT2D eigenvalue weighted by molar-refractivity contribution is -0.384. The van der Waals surface area contributed by atoms with Gasteiger partial charge in [0.15, 0.2) is 0 Å². The fourth-order valence-corrected chi connectivity index (χ4v) is 4.40. The molecule has 0 aromatic heterocycles. The second kappa shape index (κ2) is 7.24. The summed E-state index contributed by atoms with van der Waals surface area (Å²) >= 11 is 0. The molecule has 1 aliphatic rings. The van der Waals surface area contributed by atoms with E-state index in [0.29, 0.717) is 25.7 Å². The lowest BCUT2D eigenvalue weighted by Gasteiger charge is -2.33. The Morgan fingerprint density at radius 2 is 1.75 bits per heavy atom. The van der Waals surface area contributed by atoms with Crippen molar-refractivity contribution in [3.05, 3.63) is 34.4 Å². The van der Waals surface area contributed by atoms with Crippen LogP contribution in [0.4, 0.5) is 5.69 Å². The Bertz CT molecular complexity index is 709. The number of sulfonamides is 1. The number of benzene rings is 1. The largest absolute Gasteiger partial charge is 0.480 e. The van der Waals surface area contributed by atoms with Crippen LogP contribution in [0.5, 0.6) is 0 Å². The van der Waals surface area contributed by atoms with Crippen molar-refractivity contribution in [3.8, 4) is 0 Å². The number of carbonyl (C=O) groups is 1. The molecule has 0 bridgehead atoms. The zero-order valence-electron chi connectivity index (χ0n) is 12.7. The molecule has 1 saturated carbocycles. The van der Waals surface area contributed by atoms with Crippen molar-refractivity contribution in [1.29, 1.82) is 0 Å². The van der Waals surface area contributed by atoms with Crippen molar-refractivity contribution < 1.29 is 28.3 Å². The standard InChI is InChI=1S/C14H18N2O7S/c17-12-5-1-10(2-6-12)15(9-14(18)19)24(22,23)13-7-3-11(4-8-13)16(20)21/h3-4,7-8,10,12,17H,1-2,5-6,9H2,(H,18,19). The topological polar surface area (TPSA) is 138 Å². The van der Waals surface area contributed by atoms with Crippen LogP contribution < -0.4 is 0 Å². The smallest absolute Gasteiger partial charge is 0.318 e. The molecule has 0 heterocycles. The minimum atomic E-state index is -4.11. The van der Waals surface area contributed by atoms with Crippen LogP contribution in [0.2, 0.25) is 0 Å². The molecule has 1 aliphatic carbocycles. The lowest BCUT2D eigenvalue weighted by Crippen LogP contribution is -2.45. The van der Waals surface area contributed by atoms with E-state index in [0.717, 1.165) is 28.6 Å². The summed E-state index contributed by atoms with van der Waals surface area (Å²) < 4.78 is 26.4. The van der Waals surface area contributed by atoms with Crippen LogP contribution >= 0.6 is 0 Å². The van der Waals surface area contributed by atoms with E-state index in [2.05, 4.69) is 0 Å². The second-order valence-corrected chi connectivity index (χ2v) is 7.55. The van der Waals surface area contributed by atoms with E-state index in [9.17, 15) is 28.4 Å². The molecular formula is C14H18N2O7S. The molecule has 0 radical (unpaired) electrons. The van der Waals surface area contributed by atoms with Gasteiger partial charge in [0.2, 0.25) is 10.0 Å². The van der Waals surface area contributed by atoms with Gasteiger partial charge in [-0.15, -0.1) is 0 Å². The van der Waals surface area contributed by atoms with Crippen molar-refractivity contribution in [2.75, 3.05) is 6.54 Å². The van der Waals surface area contributed by atoms with Crippen molar-refractivity contribution in [2.45, 2.75) is 42.7 Å². The van der Waals surface area contributed by atoms with Gasteiger partial charge in [-0.1, -0.05) is 0 Å². The van der Waals surface area contributed by atoms with Gasteiger partial charge in [-0.3, -0.25) is 14.9 Å². The predicted molar refractivity (Wildman–Crippen MR) is 82.9 cm³/mol. The Hall–Kier alpha value is -2.04. The van der Waals surface area contributed by atoms with Gasteiger partial charge in [-0.05, 0) is 37.8 Å². The van der Waals surface area contributed by atoms with E-state index < -0.39 is 39.6 Å². The molecule has 0 amide bonds. The van der Waals surface area contributed by atoms with Crippen molar-refractivity contribution in [3.63, 3.8) is 0 Å². The molecule has 1 fully saturated rings. The first kappa shape index (κ1) is 18.3. The van der Waals surface area contributed by atoms with Gasteiger partial charge >= 0.3 is 5.97 Å². The summed E-state index contributed by atoms with van der Waals surface area (Å²) in [6.07, 6.45) is 1.02. The highest BCUT2D eigenvalue weighted by molar-refractivity contribution is 7.89. The molecule has 2 N–H and O–H groups in total. The Kier molecular flexibility index (Phi) is 5.52. The Balaban J connectivity index is 2.32. The van der Waals surface area contributed by atoms with Crippen LogP contribution in [0.1, 0.15) is 25.7 Å². The monoisotopic (exact) mass is 358 g/mol. The molecule has 132 valence electrons. The lowest BCUT2D eigenvalue weighted by atomic mass is 9.93. The van der Waals surface area contributed by atoms with Gasteiger partial charge in [-0.2, -0.15) is 4.31 Å². The molecule has 24 heavy (non-hydrogen) atoms. The van der Waals surface area contributed by atoms with Gasteiger partial charge in [0, 0.05) is 18.2 Å². The van der Waals surface area contributed by atoms with Gasteiger partial charge in [0.25, 0.3) is 5.69 Å². The molecule has 9 nitrogen and oxygen atoms in total. The number of nitro groups is 1. The SMILES string of the molecule is O=C(O)CN(C1CCC(O)CC1)S(=O)(=O)c1ccc([N+](=O)[O-])cc1. The number of hydrogen-bond donors (Lipinski definition) is 2. The van der Waals surface area contributed by atoms with Crippen LogP contribution in [0.3, 0.4) is 0 Å². The van der Waals surface area contributed by atoms with Gasteiger partial charge in [-0.25, -0.2) is 8.42 Å². The number of nitrogens with zero attached hydrogens (tertiary/aromatic N) is 2. The molecule has 0 unspecified atom stereocenters. The Morgan fingerprint density at radius 3 is 2.21 bits per heavy atom. The van der Waals surface area contributed by atoms with Gasteiger partial charge < -0.3 is 10.2 Å². The minimum Gasteiger partial charge on any atom is -0.480 e. The second-order valence-electron chi connectivity index (χ2n) is 5.66. The summed E-state index contributed by atoms with van der Waals surface area (Å²) in [6.45, 7) is -0.694. The van der Waals surface area contributed by atoms with Crippen LogP contribution in [-0.2, 0) is 14.8 Å². The third-order valence-electron chi connectivity index (χ3n) is 4.02. The molecular weight excluding hydrogens is 340 g/mol. The molecule has 0 spiro atoms. The molecule has 1 aromatic rings. The fraction of sp³-hybridized carbons (Fsp3) is 0.500. The van der Waals surface area contributed by atoms with E-state index in [1.165, 1.54) is 0 Å². The third kappa shape index (κ3) is 4.08. The van der Waals surface area contributed by atoms with E-state index in [4.69, 9.17) is 5.11 Å². The Labute approximate surface area is 138 Å². The van der Waals surface area contributed by atoms with Crippen molar-refractivity contribution >= 4 is 21.7 Å². The number of non-ortho nitro benzene ring substituents is 1. The summed E-state index contributed by atoms with van der Waals surface area (Å²) in [7, 11) is -4.11. The summed E-state index contributed by atoms with van der Waals surface area (Å²) in [5.41, 5.74) is -0.250. The first-order valence-electron chi connectivity index (χ1n) is 7.38. The summed E-state index contributed by atoms with van der Waals surface area (Å²) in [5, 5.41) is 29.3. The number of aliphatic hydroxyl groups is 1. The zero-order valence-corrected chi connectivity index (χ0v) is 13.6. The highest BCUT2D eigenvalue weighted by Gasteiger charge is 2.35. The zero-order chi connectivity index (χ0) is 17.9. The molecule has 0 atom stereocenters.